The summed E-state index contributed by atoms with van der Waals surface area (Å²) in [6.07, 6.45) is 5.88. The van der Waals surface area contributed by atoms with Crippen molar-refractivity contribution in [2.24, 2.45) is 5.92 Å². The second-order valence-electron chi connectivity index (χ2n) is 5.54. The largest absolute Gasteiger partial charge is 0.392 e. The summed E-state index contributed by atoms with van der Waals surface area (Å²) in [6, 6.07) is 0. The normalized spacial score (nSPS) is 14.3. The molecule has 0 aromatic carbocycles. The van der Waals surface area contributed by atoms with Crippen LogP contribution in [0.15, 0.2) is 0 Å². The van der Waals surface area contributed by atoms with Gasteiger partial charge in [-0.2, -0.15) is 0 Å². The average Bonchev–Trinajstić information content (AvgIpc) is 2.00. The second kappa shape index (κ2) is 6.15. The summed E-state index contributed by atoms with van der Waals surface area (Å²) in [5, 5.41) is 9.87. The van der Waals surface area contributed by atoms with Crippen LogP contribution in [0.3, 0.4) is 0 Å². The predicted molar refractivity (Wildman–Crippen MR) is 65.6 cm³/mol. The van der Waals surface area contributed by atoms with Gasteiger partial charge in [-0.3, -0.25) is 4.90 Å². The van der Waals surface area contributed by atoms with E-state index in [1.165, 1.54) is 0 Å². The summed E-state index contributed by atoms with van der Waals surface area (Å²) >= 11 is 0. The molecule has 15 heavy (non-hydrogen) atoms. The Bertz CT molecular complexity index is 210. The number of aliphatic hydroxyl groups is 1. The second-order valence-corrected chi connectivity index (χ2v) is 5.54. The van der Waals surface area contributed by atoms with E-state index in [1.807, 2.05) is 0 Å². The van der Waals surface area contributed by atoms with Crippen LogP contribution in [-0.4, -0.2) is 34.7 Å². The fourth-order valence-corrected chi connectivity index (χ4v) is 1.56. The molecule has 88 valence electrons. The number of hydrogen-bond donors (Lipinski definition) is 1. The van der Waals surface area contributed by atoms with Crippen molar-refractivity contribution in [3.8, 4) is 12.3 Å². The highest BCUT2D eigenvalue weighted by molar-refractivity contribution is 4.92. The van der Waals surface area contributed by atoms with Crippen LogP contribution in [0.25, 0.3) is 0 Å². The number of nitrogens with zero attached hydrogens (tertiary/aromatic N) is 1. The SMILES string of the molecule is C#CCN(C[C@H](O)CC(C)C)C(C)(C)C. The van der Waals surface area contributed by atoms with Crippen LogP contribution in [0.2, 0.25) is 0 Å². The minimum atomic E-state index is -0.280. The molecule has 0 aliphatic rings. The van der Waals surface area contributed by atoms with Gasteiger partial charge in [0.25, 0.3) is 0 Å². The molecule has 1 N–H and O–H groups in total. The van der Waals surface area contributed by atoms with Crippen LogP contribution in [-0.2, 0) is 0 Å². The third-order valence-electron chi connectivity index (χ3n) is 2.41. The molecule has 0 heterocycles. The van der Waals surface area contributed by atoms with Gasteiger partial charge >= 0.3 is 0 Å². The van der Waals surface area contributed by atoms with Crippen molar-refractivity contribution in [1.29, 1.82) is 0 Å². The summed E-state index contributed by atoms with van der Waals surface area (Å²) in [6.45, 7) is 11.8. The van der Waals surface area contributed by atoms with Gasteiger partial charge in [-0.15, -0.1) is 6.42 Å². The lowest BCUT2D eigenvalue weighted by atomic mass is 10.0. The molecular formula is C13H25NO. The molecule has 0 aliphatic carbocycles. The van der Waals surface area contributed by atoms with Gasteiger partial charge in [-0.25, -0.2) is 0 Å². The zero-order valence-corrected chi connectivity index (χ0v) is 10.7. The highest BCUT2D eigenvalue weighted by atomic mass is 16.3. The molecule has 0 amide bonds. The summed E-state index contributed by atoms with van der Waals surface area (Å²) in [5.74, 6) is 3.17. The average molecular weight is 211 g/mol. The molecule has 0 radical (unpaired) electrons. The van der Waals surface area contributed by atoms with E-state index in [-0.39, 0.29) is 11.6 Å². The van der Waals surface area contributed by atoms with Crippen LogP contribution in [0.5, 0.6) is 0 Å². The molecule has 0 spiro atoms. The molecule has 0 fully saturated rings. The van der Waals surface area contributed by atoms with Crippen LogP contribution in [0, 0.1) is 18.3 Å². The zero-order valence-electron chi connectivity index (χ0n) is 10.7. The van der Waals surface area contributed by atoms with Crippen molar-refractivity contribution in [2.75, 3.05) is 13.1 Å². The van der Waals surface area contributed by atoms with Gasteiger partial charge in [0.1, 0.15) is 0 Å². The first kappa shape index (κ1) is 14.5. The van der Waals surface area contributed by atoms with Crippen molar-refractivity contribution < 1.29 is 5.11 Å². The van der Waals surface area contributed by atoms with E-state index in [9.17, 15) is 5.11 Å². The number of aliphatic hydroxyl groups excluding tert-OH is 1. The third-order valence-corrected chi connectivity index (χ3v) is 2.41. The van der Waals surface area contributed by atoms with Gasteiger partial charge in [0.2, 0.25) is 0 Å². The maximum atomic E-state index is 9.87. The first-order chi connectivity index (χ1) is 6.77. The van der Waals surface area contributed by atoms with E-state index in [0.29, 0.717) is 19.0 Å². The quantitative estimate of drug-likeness (QED) is 0.704. The Morgan fingerprint density at radius 2 is 1.87 bits per heavy atom. The van der Waals surface area contributed by atoms with E-state index in [2.05, 4.69) is 45.4 Å². The standard InChI is InChI=1S/C13H25NO/c1-7-8-14(13(4,5)6)10-12(15)9-11(2)3/h1,11-12,15H,8-10H2,2-6H3/t12-/m1/s1. The predicted octanol–water partition coefficient (Wildman–Crippen LogP) is 2.13. The first-order valence-corrected chi connectivity index (χ1v) is 5.64. The molecule has 0 rings (SSSR count). The molecule has 0 aliphatic heterocycles. The minimum absolute atomic E-state index is 0.0182. The van der Waals surface area contributed by atoms with Gasteiger partial charge in [0.05, 0.1) is 12.6 Å². The lowest BCUT2D eigenvalue weighted by Crippen LogP contribution is -2.45. The highest BCUT2D eigenvalue weighted by Gasteiger charge is 2.23. The zero-order chi connectivity index (χ0) is 12.1. The summed E-state index contributed by atoms with van der Waals surface area (Å²) in [5.41, 5.74) is 0.0182. The van der Waals surface area contributed by atoms with Crippen molar-refractivity contribution in [3.63, 3.8) is 0 Å². The Morgan fingerprint density at radius 3 is 2.20 bits per heavy atom. The van der Waals surface area contributed by atoms with E-state index >= 15 is 0 Å². The number of hydrogen-bond acceptors (Lipinski definition) is 2. The number of terminal acetylenes is 1. The number of rotatable bonds is 5. The van der Waals surface area contributed by atoms with E-state index in [4.69, 9.17) is 6.42 Å². The molecule has 0 saturated carbocycles. The molecule has 0 unspecified atom stereocenters. The van der Waals surface area contributed by atoms with Gasteiger partial charge in [0, 0.05) is 12.1 Å². The Labute approximate surface area is 94.7 Å². The van der Waals surface area contributed by atoms with Crippen LogP contribution < -0.4 is 0 Å². The Hall–Kier alpha value is -0.520. The molecule has 0 saturated heterocycles. The monoisotopic (exact) mass is 211 g/mol. The molecule has 0 aromatic rings. The fraction of sp³-hybridized carbons (Fsp3) is 0.846. The van der Waals surface area contributed by atoms with Crippen LogP contribution >= 0.6 is 0 Å². The Kier molecular flexibility index (Phi) is 5.93. The topological polar surface area (TPSA) is 23.5 Å². The smallest absolute Gasteiger partial charge is 0.0670 e. The van der Waals surface area contributed by atoms with Crippen molar-refractivity contribution in [2.45, 2.75) is 52.7 Å². The lowest BCUT2D eigenvalue weighted by molar-refractivity contribution is 0.0578. The van der Waals surface area contributed by atoms with E-state index in [1.54, 1.807) is 0 Å². The minimum Gasteiger partial charge on any atom is -0.392 e. The molecule has 2 heteroatoms. The maximum Gasteiger partial charge on any atom is 0.0670 e. The fourth-order valence-electron chi connectivity index (χ4n) is 1.56. The van der Waals surface area contributed by atoms with E-state index < -0.39 is 0 Å². The number of β-amino-alcohol motifs (C(OH)–C–C–N with tert-alkyl or cyclic N) is 1. The van der Waals surface area contributed by atoms with Crippen LogP contribution in [0.1, 0.15) is 41.0 Å². The Balaban J connectivity index is 4.24. The molecule has 1 atom stereocenters. The van der Waals surface area contributed by atoms with Gasteiger partial charge in [0.15, 0.2) is 0 Å². The van der Waals surface area contributed by atoms with Crippen molar-refractivity contribution in [3.05, 3.63) is 0 Å². The van der Waals surface area contributed by atoms with Gasteiger partial charge in [-0.1, -0.05) is 19.8 Å². The first-order valence-electron chi connectivity index (χ1n) is 5.64. The summed E-state index contributed by atoms with van der Waals surface area (Å²) in [4.78, 5) is 2.14. The van der Waals surface area contributed by atoms with Crippen LogP contribution in [0.4, 0.5) is 0 Å². The van der Waals surface area contributed by atoms with Gasteiger partial charge < -0.3 is 5.11 Å². The third kappa shape index (κ3) is 6.54. The van der Waals surface area contributed by atoms with E-state index in [0.717, 1.165) is 6.42 Å². The molecular weight excluding hydrogens is 186 g/mol. The summed E-state index contributed by atoms with van der Waals surface area (Å²) < 4.78 is 0. The maximum absolute atomic E-state index is 9.87. The Morgan fingerprint density at radius 1 is 1.33 bits per heavy atom. The molecule has 0 aromatic heterocycles. The summed E-state index contributed by atoms with van der Waals surface area (Å²) in [7, 11) is 0. The van der Waals surface area contributed by atoms with Gasteiger partial charge in [-0.05, 0) is 33.1 Å². The molecule has 2 nitrogen and oxygen atoms in total. The van der Waals surface area contributed by atoms with Crippen molar-refractivity contribution >= 4 is 0 Å². The van der Waals surface area contributed by atoms with Crippen molar-refractivity contribution in [1.82, 2.24) is 4.90 Å². The highest BCUT2D eigenvalue weighted by Crippen LogP contribution is 2.15. The lowest BCUT2D eigenvalue weighted by Gasteiger charge is -2.35. The molecule has 0 bridgehead atoms.